The molecule has 10 heteroatoms. The van der Waals surface area contributed by atoms with Gasteiger partial charge in [-0.05, 0) is 28.6 Å². The number of anilines is 1. The van der Waals surface area contributed by atoms with E-state index in [9.17, 15) is 10.1 Å². The minimum Gasteiger partial charge on any atom is -0.455 e. The lowest BCUT2D eigenvalue weighted by Gasteiger charge is -1.98. The molecule has 0 amide bonds. The molecule has 0 aliphatic rings. The van der Waals surface area contributed by atoms with Gasteiger partial charge in [-0.2, -0.15) is 5.10 Å². The maximum Gasteiger partial charge on any atom is 0.280 e. The second-order valence-electron chi connectivity index (χ2n) is 4.15. The highest BCUT2D eigenvalue weighted by Crippen LogP contribution is 2.30. The molecule has 0 radical (unpaired) electrons. The molecule has 0 spiro atoms. The Morgan fingerprint density at radius 2 is 2.14 bits per heavy atom. The SMILES string of the molecule is Nc1nnnn1/N=C/c1ccc(-c2ccccc2[N+](=O)[O-])o1. The van der Waals surface area contributed by atoms with E-state index in [0.29, 0.717) is 17.1 Å². The van der Waals surface area contributed by atoms with Crippen molar-refractivity contribution in [2.75, 3.05) is 5.73 Å². The van der Waals surface area contributed by atoms with E-state index in [-0.39, 0.29) is 11.6 Å². The predicted molar refractivity (Wildman–Crippen MR) is 76.0 cm³/mol. The molecule has 0 saturated heterocycles. The second-order valence-corrected chi connectivity index (χ2v) is 4.15. The Hall–Kier alpha value is -3.56. The third-order valence-electron chi connectivity index (χ3n) is 2.76. The van der Waals surface area contributed by atoms with Crippen molar-refractivity contribution in [2.24, 2.45) is 5.10 Å². The lowest BCUT2D eigenvalue weighted by atomic mass is 10.1. The maximum atomic E-state index is 11.0. The standard InChI is InChI=1S/C12H9N7O3/c13-12-15-16-17-18(12)14-7-8-5-6-11(22-8)9-3-1-2-4-10(9)19(20)21/h1-7H,(H2,13,15,17)/b14-7+. The molecule has 0 aliphatic carbocycles. The third-order valence-corrected chi connectivity index (χ3v) is 2.76. The zero-order valence-electron chi connectivity index (χ0n) is 11.0. The van der Waals surface area contributed by atoms with E-state index in [2.05, 4.69) is 20.6 Å². The zero-order valence-corrected chi connectivity index (χ0v) is 11.0. The van der Waals surface area contributed by atoms with Gasteiger partial charge >= 0.3 is 0 Å². The van der Waals surface area contributed by atoms with E-state index in [0.717, 1.165) is 4.79 Å². The van der Waals surface area contributed by atoms with Crippen LogP contribution < -0.4 is 5.73 Å². The molecule has 0 bridgehead atoms. The summed E-state index contributed by atoms with van der Waals surface area (Å²) in [6, 6.07) is 9.54. The summed E-state index contributed by atoms with van der Waals surface area (Å²) in [6.45, 7) is 0. The minimum atomic E-state index is -0.465. The van der Waals surface area contributed by atoms with E-state index in [1.807, 2.05) is 0 Å². The number of rotatable bonds is 4. The van der Waals surface area contributed by atoms with Crippen LogP contribution in [0.15, 0.2) is 45.9 Å². The van der Waals surface area contributed by atoms with Crippen molar-refractivity contribution < 1.29 is 9.34 Å². The topological polar surface area (TPSA) is 138 Å². The fraction of sp³-hybridized carbons (Fsp3) is 0. The molecular formula is C12H9N7O3. The molecule has 0 atom stereocenters. The number of nitro groups is 1. The largest absolute Gasteiger partial charge is 0.455 e. The number of nitro benzene ring substituents is 1. The van der Waals surface area contributed by atoms with Crippen LogP contribution in [0.25, 0.3) is 11.3 Å². The molecule has 0 unspecified atom stereocenters. The van der Waals surface area contributed by atoms with Crippen molar-refractivity contribution in [1.82, 2.24) is 20.3 Å². The smallest absolute Gasteiger partial charge is 0.280 e. The summed E-state index contributed by atoms with van der Waals surface area (Å²) in [5.74, 6) is 0.767. The first-order chi connectivity index (χ1) is 10.6. The minimum absolute atomic E-state index is 0.0294. The van der Waals surface area contributed by atoms with Crippen LogP contribution in [-0.2, 0) is 0 Å². The summed E-state index contributed by atoms with van der Waals surface area (Å²) in [5.41, 5.74) is 5.81. The van der Waals surface area contributed by atoms with Gasteiger partial charge in [0.2, 0.25) is 0 Å². The summed E-state index contributed by atoms with van der Waals surface area (Å²) in [7, 11) is 0. The molecule has 10 nitrogen and oxygen atoms in total. The second kappa shape index (κ2) is 5.44. The molecule has 0 saturated carbocycles. The van der Waals surface area contributed by atoms with E-state index >= 15 is 0 Å². The summed E-state index contributed by atoms with van der Waals surface area (Å²) in [4.78, 5) is 11.6. The van der Waals surface area contributed by atoms with Gasteiger partial charge in [-0.15, -0.1) is 0 Å². The maximum absolute atomic E-state index is 11.0. The lowest BCUT2D eigenvalue weighted by molar-refractivity contribution is -0.384. The van der Waals surface area contributed by atoms with Crippen molar-refractivity contribution in [1.29, 1.82) is 0 Å². The Balaban J connectivity index is 1.90. The van der Waals surface area contributed by atoms with Gasteiger partial charge < -0.3 is 10.2 Å². The predicted octanol–water partition coefficient (Wildman–Crippen LogP) is 1.31. The van der Waals surface area contributed by atoms with E-state index < -0.39 is 4.92 Å². The number of nitrogens with zero attached hydrogens (tertiary/aromatic N) is 6. The molecule has 0 aliphatic heterocycles. The highest BCUT2D eigenvalue weighted by molar-refractivity contribution is 5.78. The van der Waals surface area contributed by atoms with Gasteiger partial charge in [0.15, 0.2) is 0 Å². The van der Waals surface area contributed by atoms with Gasteiger partial charge in [-0.3, -0.25) is 10.1 Å². The number of nitrogens with two attached hydrogens (primary N) is 1. The first-order valence-electron chi connectivity index (χ1n) is 6.07. The van der Waals surface area contributed by atoms with Crippen LogP contribution in [0.1, 0.15) is 5.76 Å². The van der Waals surface area contributed by atoms with Crippen LogP contribution in [0.3, 0.4) is 0 Å². The first kappa shape index (κ1) is 13.4. The Morgan fingerprint density at radius 1 is 1.32 bits per heavy atom. The van der Waals surface area contributed by atoms with Gasteiger partial charge in [0.05, 0.1) is 16.7 Å². The number of benzene rings is 1. The van der Waals surface area contributed by atoms with Crippen LogP contribution in [0.2, 0.25) is 0 Å². The zero-order chi connectivity index (χ0) is 15.5. The number of nitrogen functional groups attached to an aromatic ring is 1. The number of tetrazole rings is 1. The normalized spacial score (nSPS) is 11.1. The average molecular weight is 299 g/mol. The average Bonchev–Trinajstić information content (AvgIpc) is 3.14. The van der Waals surface area contributed by atoms with Crippen LogP contribution in [0, 0.1) is 10.1 Å². The Kier molecular flexibility index (Phi) is 3.32. The number of para-hydroxylation sites is 1. The van der Waals surface area contributed by atoms with Gasteiger partial charge in [0.25, 0.3) is 11.6 Å². The fourth-order valence-electron chi connectivity index (χ4n) is 1.79. The number of aromatic nitrogens is 4. The van der Waals surface area contributed by atoms with E-state index in [1.54, 1.807) is 30.3 Å². The summed E-state index contributed by atoms with van der Waals surface area (Å²) >= 11 is 0. The number of furan rings is 1. The number of hydrogen-bond donors (Lipinski definition) is 1. The van der Waals surface area contributed by atoms with Crippen LogP contribution >= 0.6 is 0 Å². The summed E-state index contributed by atoms with van der Waals surface area (Å²) < 4.78 is 5.52. The van der Waals surface area contributed by atoms with Crippen LogP contribution in [-0.4, -0.2) is 31.5 Å². The molecule has 0 fully saturated rings. The molecule has 1 aromatic carbocycles. The molecule has 3 rings (SSSR count). The highest BCUT2D eigenvalue weighted by Gasteiger charge is 2.16. The van der Waals surface area contributed by atoms with Gasteiger partial charge in [-0.1, -0.05) is 22.0 Å². The van der Waals surface area contributed by atoms with Crippen LogP contribution in [0.5, 0.6) is 0 Å². The highest BCUT2D eigenvalue weighted by atomic mass is 16.6. The molecule has 3 aromatic rings. The van der Waals surface area contributed by atoms with Crippen molar-refractivity contribution in [3.8, 4) is 11.3 Å². The molecule has 110 valence electrons. The summed E-state index contributed by atoms with van der Waals surface area (Å²) in [6.07, 6.45) is 1.35. The monoisotopic (exact) mass is 299 g/mol. The van der Waals surface area contributed by atoms with Crippen molar-refractivity contribution >= 4 is 17.9 Å². The van der Waals surface area contributed by atoms with E-state index in [1.165, 1.54) is 12.3 Å². The van der Waals surface area contributed by atoms with Gasteiger partial charge in [-0.25, -0.2) is 0 Å². The van der Waals surface area contributed by atoms with Gasteiger partial charge in [0.1, 0.15) is 11.5 Å². The quantitative estimate of drug-likeness (QED) is 0.435. The molecule has 2 N–H and O–H groups in total. The van der Waals surface area contributed by atoms with E-state index in [4.69, 9.17) is 10.2 Å². The molecule has 22 heavy (non-hydrogen) atoms. The molecular weight excluding hydrogens is 290 g/mol. The van der Waals surface area contributed by atoms with Crippen molar-refractivity contribution in [3.63, 3.8) is 0 Å². The van der Waals surface area contributed by atoms with Gasteiger partial charge in [0, 0.05) is 6.07 Å². The molecule has 2 heterocycles. The first-order valence-corrected chi connectivity index (χ1v) is 6.07. The lowest BCUT2D eigenvalue weighted by Crippen LogP contribution is -1.99. The fourth-order valence-corrected chi connectivity index (χ4v) is 1.79. The Bertz CT molecular complexity index is 852. The number of hydrogen-bond acceptors (Lipinski definition) is 8. The summed E-state index contributed by atoms with van der Waals surface area (Å²) in [5, 5.41) is 25.3. The molecule has 2 aromatic heterocycles. The van der Waals surface area contributed by atoms with Crippen LogP contribution in [0.4, 0.5) is 11.6 Å². The third kappa shape index (κ3) is 2.52. The van der Waals surface area contributed by atoms with Crippen molar-refractivity contribution in [2.45, 2.75) is 0 Å². The Labute approximate surface area is 123 Å². The Morgan fingerprint density at radius 3 is 2.86 bits per heavy atom. The van der Waals surface area contributed by atoms with Crippen molar-refractivity contribution in [3.05, 3.63) is 52.3 Å².